The van der Waals surface area contributed by atoms with E-state index in [9.17, 15) is 14.9 Å². The smallest absolute Gasteiger partial charge is 0.291 e. The largest absolute Gasteiger partial charge is 0.396 e. The fourth-order valence-corrected chi connectivity index (χ4v) is 1.89. The topological polar surface area (TPSA) is 154 Å². The number of hydrogen-bond donors (Lipinski definition) is 2. The van der Waals surface area contributed by atoms with E-state index in [-0.39, 0.29) is 33.3 Å². The molecule has 0 aliphatic heterocycles. The number of benzene rings is 1. The van der Waals surface area contributed by atoms with Gasteiger partial charge in [-0.15, -0.1) is 0 Å². The van der Waals surface area contributed by atoms with Gasteiger partial charge in [0.1, 0.15) is 22.3 Å². The molecular formula is C12H8N6O3S. The minimum atomic E-state index is -0.819. The molecule has 1 aromatic carbocycles. The summed E-state index contributed by atoms with van der Waals surface area (Å²) in [7, 11) is 0. The Balaban J connectivity index is 2.82. The molecule has 0 saturated carbocycles. The van der Waals surface area contributed by atoms with Crippen LogP contribution >= 0.6 is 12.2 Å². The van der Waals surface area contributed by atoms with Crippen molar-refractivity contribution < 1.29 is 4.92 Å². The third-order valence-corrected chi connectivity index (χ3v) is 2.95. The van der Waals surface area contributed by atoms with Crippen molar-refractivity contribution in [2.24, 2.45) is 5.73 Å². The molecule has 0 bridgehead atoms. The molecule has 0 aliphatic carbocycles. The normalized spacial score (nSPS) is 9.95. The maximum absolute atomic E-state index is 12.2. The number of nitriles is 1. The van der Waals surface area contributed by atoms with Crippen LogP contribution in [0.3, 0.4) is 0 Å². The average Bonchev–Trinajstić information content (AvgIpc) is 2.47. The number of hydrogen-bond acceptors (Lipinski definition) is 7. The summed E-state index contributed by atoms with van der Waals surface area (Å²) in [4.78, 5) is 22.2. The molecule has 0 aliphatic rings. The van der Waals surface area contributed by atoms with Crippen molar-refractivity contribution in [3.05, 3.63) is 56.0 Å². The predicted octanol–water partition coefficient (Wildman–Crippen LogP) is 0.229. The molecule has 1 heterocycles. The zero-order chi connectivity index (χ0) is 16.4. The van der Waals surface area contributed by atoms with Crippen LogP contribution in [0.4, 0.5) is 11.4 Å². The van der Waals surface area contributed by atoms with Crippen molar-refractivity contribution in [3.63, 3.8) is 0 Å². The first kappa shape index (κ1) is 15.1. The maximum Gasteiger partial charge on any atom is 0.291 e. The second-order valence-electron chi connectivity index (χ2n) is 4.11. The molecule has 0 radical (unpaired) electrons. The lowest BCUT2D eigenvalue weighted by atomic mass is 10.2. The summed E-state index contributed by atoms with van der Waals surface area (Å²) in [6, 6.07) is 6.85. The minimum absolute atomic E-state index is 0.0909. The van der Waals surface area contributed by atoms with Crippen LogP contribution in [0.2, 0.25) is 0 Å². The summed E-state index contributed by atoms with van der Waals surface area (Å²) in [5, 5.41) is 23.8. The maximum atomic E-state index is 12.2. The third kappa shape index (κ3) is 2.48. The Morgan fingerprint density at radius 2 is 2.18 bits per heavy atom. The summed E-state index contributed by atoms with van der Waals surface area (Å²) in [5.74, 6) is 0. The first-order chi connectivity index (χ1) is 10.4. The molecule has 0 spiro atoms. The van der Waals surface area contributed by atoms with Crippen LogP contribution < -0.4 is 17.0 Å². The standard InChI is InChI=1S/C12H8N6O3S/c13-5-8-9(14)10(11(15)22)16-17(12(8)19)6-2-1-3-7(4-6)18(20)21/h1-4H,14H2,(H2,15,22). The number of non-ortho nitro benzene ring substituents is 1. The molecule has 10 heteroatoms. The number of nitrogen functional groups attached to an aromatic ring is 1. The van der Waals surface area contributed by atoms with Gasteiger partial charge in [0.15, 0.2) is 0 Å². The van der Waals surface area contributed by atoms with Crippen molar-refractivity contribution in [1.29, 1.82) is 5.26 Å². The van der Waals surface area contributed by atoms with Crippen LogP contribution in [-0.2, 0) is 0 Å². The van der Waals surface area contributed by atoms with Crippen LogP contribution in [-0.4, -0.2) is 19.7 Å². The molecule has 110 valence electrons. The monoisotopic (exact) mass is 316 g/mol. The van der Waals surface area contributed by atoms with Gasteiger partial charge in [-0.05, 0) is 6.07 Å². The first-order valence-corrected chi connectivity index (χ1v) is 6.15. The lowest BCUT2D eigenvalue weighted by molar-refractivity contribution is -0.384. The lowest BCUT2D eigenvalue weighted by Crippen LogP contribution is -2.30. The van der Waals surface area contributed by atoms with Crippen molar-refractivity contribution in [1.82, 2.24) is 9.78 Å². The van der Waals surface area contributed by atoms with E-state index < -0.39 is 10.5 Å². The fourth-order valence-electron chi connectivity index (χ4n) is 1.74. The van der Waals surface area contributed by atoms with Gasteiger partial charge in [0.25, 0.3) is 11.2 Å². The molecule has 0 unspecified atom stereocenters. The van der Waals surface area contributed by atoms with Gasteiger partial charge in [-0.2, -0.15) is 15.0 Å². The third-order valence-electron chi connectivity index (χ3n) is 2.76. The molecule has 22 heavy (non-hydrogen) atoms. The number of aromatic nitrogens is 2. The Morgan fingerprint density at radius 3 is 2.73 bits per heavy atom. The summed E-state index contributed by atoms with van der Waals surface area (Å²) in [5.41, 5.74) is 9.45. The highest BCUT2D eigenvalue weighted by Crippen LogP contribution is 2.17. The molecule has 0 fully saturated rings. The highest BCUT2D eigenvalue weighted by molar-refractivity contribution is 7.80. The van der Waals surface area contributed by atoms with Gasteiger partial charge in [-0.1, -0.05) is 18.3 Å². The van der Waals surface area contributed by atoms with Gasteiger partial charge < -0.3 is 11.5 Å². The first-order valence-electron chi connectivity index (χ1n) is 5.74. The van der Waals surface area contributed by atoms with E-state index in [1.54, 1.807) is 6.07 Å². The van der Waals surface area contributed by atoms with Crippen molar-refractivity contribution in [2.75, 3.05) is 5.73 Å². The van der Waals surface area contributed by atoms with Gasteiger partial charge in [0, 0.05) is 12.1 Å². The van der Waals surface area contributed by atoms with Crippen LogP contribution in [0.25, 0.3) is 5.69 Å². The van der Waals surface area contributed by atoms with Gasteiger partial charge in [-0.25, -0.2) is 0 Å². The number of anilines is 1. The summed E-state index contributed by atoms with van der Waals surface area (Å²) >= 11 is 4.78. The minimum Gasteiger partial charge on any atom is -0.396 e. The molecular weight excluding hydrogens is 308 g/mol. The summed E-state index contributed by atoms with van der Waals surface area (Å²) in [6.45, 7) is 0. The van der Waals surface area contributed by atoms with E-state index in [2.05, 4.69) is 5.10 Å². The Bertz CT molecular complexity index is 899. The van der Waals surface area contributed by atoms with E-state index in [0.717, 1.165) is 10.7 Å². The van der Waals surface area contributed by atoms with Crippen molar-refractivity contribution in [3.8, 4) is 11.8 Å². The van der Waals surface area contributed by atoms with Gasteiger partial charge >= 0.3 is 0 Å². The molecule has 0 atom stereocenters. The van der Waals surface area contributed by atoms with E-state index in [0.29, 0.717) is 0 Å². The summed E-state index contributed by atoms with van der Waals surface area (Å²) < 4.78 is 0.802. The van der Waals surface area contributed by atoms with E-state index in [1.165, 1.54) is 18.2 Å². The molecule has 2 rings (SSSR count). The second-order valence-corrected chi connectivity index (χ2v) is 4.55. The van der Waals surface area contributed by atoms with Crippen LogP contribution in [0.1, 0.15) is 11.3 Å². The average molecular weight is 316 g/mol. The molecule has 9 nitrogen and oxygen atoms in total. The quantitative estimate of drug-likeness (QED) is 0.463. The predicted molar refractivity (Wildman–Crippen MR) is 81.5 cm³/mol. The zero-order valence-electron chi connectivity index (χ0n) is 10.9. The number of nitro benzene ring substituents is 1. The van der Waals surface area contributed by atoms with Crippen LogP contribution in [0.15, 0.2) is 29.1 Å². The molecule has 0 saturated heterocycles. The molecule has 0 amide bonds. The van der Waals surface area contributed by atoms with Gasteiger partial charge in [0.05, 0.1) is 16.3 Å². The second kappa shape index (κ2) is 5.58. The van der Waals surface area contributed by atoms with Gasteiger partial charge in [0.2, 0.25) is 0 Å². The Hall–Kier alpha value is -3.32. The Kier molecular flexibility index (Phi) is 3.83. The highest BCUT2D eigenvalue weighted by Gasteiger charge is 2.18. The van der Waals surface area contributed by atoms with Crippen molar-refractivity contribution in [2.45, 2.75) is 0 Å². The van der Waals surface area contributed by atoms with E-state index in [1.807, 2.05) is 0 Å². The SMILES string of the molecule is N#Cc1c(N)c(C(N)=S)nn(-c2cccc([N+](=O)[O-])c2)c1=O. The number of nitrogens with zero attached hydrogens (tertiary/aromatic N) is 4. The zero-order valence-corrected chi connectivity index (χ0v) is 11.7. The number of rotatable bonds is 3. The Labute approximate surface area is 128 Å². The van der Waals surface area contributed by atoms with Crippen LogP contribution in [0.5, 0.6) is 0 Å². The fraction of sp³-hybridized carbons (Fsp3) is 0. The number of thiocarbonyl (C=S) groups is 1. The molecule has 1 aromatic heterocycles. The van der Waals surface area contributed by atoms with Crippen LogP contribution in [0, 0.1) is 21.4 Å². The number of nitro groups is 1. The molecule has 2 aromatic rings. The van der Waals surface area contributed by atoms with E-state index >= 15 is 0 Å². The number of nitrogens with two attached hydrogens (primary N) is 2. The lowest BCUT2D eigenvalue weighted by Gasteiger charge is -2.10. The van der Waals surface area contributed by atoms with Gasteiger partial charge in [-0.3, -0.25) is 14.9 Å². The summed E-state index contributed by atoms with van der Waals surface area (Å²) in [6.07, 6.45) is 0. The van der Waals surface area contributed by atoms with E-state index in [4.69, 9.17) is 28.9 Å². The Morgan fingerprint density at radius 1 is 1.50 bits per heavy atom. The highest BCUT2D eigenvalue weighted by atomic mass is 32.1. The van der Waals surface area contributed by atoms with Crippen molar-refractivity contribution >= 4 is 28.6 Å². The molecule has 4 N–H and O–H groups in total.